The zero-order valence-corrected chi connectivity index (χ0v) is 15.2. The second-order valence-electron chi connectivity index (χ2n) is 6.65. The summed E-state index contributed by atoms with van der Waals surface area (Å²) >= 11 is 0. The molecule has 1 aromatic carbocycles. The number of nitrogens with zero attached hydrogens (tertiary/aromatic N) is 3. The van der Waals surface area contributed by atoms with Gasteiger partial charge in [0.15, 0.2) is 5.65 Å². The third-order valence-electron chi connectivity index (χ3n) is 4.72. The minimum atomic E-state index is 0.654. The first-order chi connectivity index (χ1) is 12.3. The van der Waals surface area contributed by atoms with Crippen LogP contribution in [0, 0.1) is 18.3 Å². The summed E-state index contributed by atoms with van der Waals surface area (Å²) in [5.41, 5.74) is 4.33. The molecule has 0 amide bonds. The highest BCUT2D eigenvalue weighted by atomic mass is 15.1. The fourth-order valence-corrected chi connectivity index (χ4v) is 3.35. The molecule has 0 radical (unpaired) electrons. The Morgan fingerprint density at radius 1 is 1.12 bits per heavy atom. The van der Waals surface area contributed by atoms with Crippen molar-refractivity contribution in [3.05, 3.63) is 41.5 Å². The summed E-state index contributed by atoms with van der Waals surface area (Å²) in [6.07, 6.45) is 7.69. The summed E-state index contributed by atoms with van der Waals surface area (Å²) in [6.45, 7) is 5.17. The van der Waals surface area contributed by atoms with Crippen LogP contribution < -0.4 is 5.32 Å². The van der Waals surface area contributed by atoms with Gasteiger partial charge in [0.1, 0.15) is 11.9 Å². The summed E-state index contributed by atoms with van der Waals surface area (Å²) in [7, 11) is 0. The zero-order chi connectivity index (χ0) is 17.6. The number of rotatable bonds is 8. The van der Waals surface area contributed by atoms with Crippen molar-refractivity contribution < 1.29 is 0 Å². The van der Waals surface area contributed by atoms with E-state index in [2.05, 4.69) is 39.8 Å². The minimum absolute atomic E-state index is 0.654. The second kappa shape index (κ2) is 8.02. The molecule has 1 N–H and O–H groups in total. The van der Waals surface area contributed by atoms with Gasteiger partial charge in [0, 0.05) is 6.54 Å². The van der Waals surface area contributed by atoms with Crippen LogP contribution in [0.25, 0.3) is 16.7 Å². The van der Waals surface area contributed by atoms with E-state index >= 15 is 0 Å². The Bertz CT molecular complexity index is 902. The lowest BCUT2D eigenvalue weighted by atomic mass is 10.1. The molecule has 3 rings (SSSR count). The van der Waals surface area contributed by atoms with Crippen LogP contribution in [-0.2, 0) is 0 Å². The van der Waals surface area contributed by atoms with Gasteiger partial charge in [0.25, 0.3) is 0 Å². The molecule has 0 unspecified atom stereocenters. The summed E-state index contributed by atoms with van der Waals surface area (Å²) in [6, 6.07) is 12.4. The van der Waals surface area contributed by atoms with Gasteiger partial charge in [-0.1, -0.05) is 51.2 Å². The summed E-state index contributed by atoms with van der Waals surface area (Å²) in [5, 5.41) is 13.1. The number of nitriles is 1. The molecule has 4 heteroatoms. The molecular formula is C21H26N4. The summed E-state index contributed by atoms with van der Waals surface area (Å²) in [4.78, 5) is 4.69. The van der Waals surface area contributed by atoms with Gasteiger partial charge in [0.05, 0.1) is 16.6 Å². The molecule has 2 aromatic heterocycles. The quantitative estimate of drug-likeness (QED) is 0.558. The smallest absolute Gasteiger partial charge is 0.157 e. The highest BCUT2D eigenvalue weighted by molar-refractivity contribution is 5.85. The highest BCUT2D eigenvalue weighted by Crippen LogP contribution is 2.26. The van der Waals surface area contributed by atoms with Gasteiger partial charge < -0.3 is 5.32 Å². The average molecular weight is 334 g/mol. The predicted molar refractivity (Wildman–Crippen MR) is 104 cm³/mol. The standard InChI is InChI=1S/C21H26N4/c1-3-4-5-6-7-10-13-23-20-14-16(2)17(15-22)21-24-18-11-8-9-12-19(18)25(20)21/h8-9,11-12,14,23H,3-7,10,13H2,1-2H3. The maximum absolute atomic E-state index is 9.53. The summed E-state index contributed by atoms with van der Waals surface area (Å²) in [5.74, 6) is 1.02. The number of nitrogens with one attached hydrogen (secondary N) is 1. The molecule has 0 fully saturated rings. The van der Waals surface area contributed by atoms with Gasteiger partial charge in [0.2, 0.25) is 0 Å². The van der Waals surface area contributed by atoms with Gasteiger partial charge in [-0.2, -0.15) is 5.26 Å². The average Bonchev–Trinajstić information content (AvgIpc) is 3.00. The SMILES string of the molecule is CCCCCCCCNc1cc(C)c(C#N)c2nc3ccccc3n12. The maximum atomic E-state index is 9.53. The molecule has 0 aliphatic heterocycles. The highest BCUT2D eigenvalue weighted by Gasteiger charge is 2.14. The number of imidazole rings is 1. The molecule has 25 heavy (non-hydrogen) atoms. The first kappa shape index (κ1) is 17.3. The van der Waals surface area contributed by atoms with Gasteiger partial charge in [-0.25, -0.2) is 4.98 Å². The minimum Gasteiger partial charge on any atom is -0.371 e. The number of para-hydroxylation sites is 2. The number of pyridine rings is 1. The van der Waals surface area contributed by atoms with Gasteiger partial charge in [-0.15, -0.1) is 0 Å². The Labute approximate surface area is 149 Å². The zero-order valence-electron chi connectivity index (χ0n) is 15.2. The topological polar surface area (TPSA) is 53.1 Å². The van der Waals surface area contributed by atoms with Crippen LogP contribution in [-0.4, -0.2) is 15.9 Å². The van der Waals surface area contributed by atoms with Crippen LogP contribution in [0.15, 0.2) is 30.3 Å². The fraction of sp³-hybridized carbons (Fsp3) is 0.429. The lowest BCUT2D eigenvalue weighted by Crippen LogP contribution is -2.07. The van der Waals surface area contributed by atoms with E-state index in [9.17, 15) is 5.26 Å². The van der Waals surface area contributed by atoms with Gasteiger partial charge >= 0.3 is 0 Å². The molecule has 130 valence electrons. The number of unbranched alkanes of at least 4 members (excludes halogenated alkanes) is 5. The molecular weight excluding hydrogens is 308 g/mol. The van der Waals surface area contributed by atoms with Gasteiger partial charge in [-0.3, -0.25) is 4.40 Å². The van der Waals surface area contributed by atoms with Crippen LogP contribution in [0.4, 0.5) is 5.82 Å². The van der Waals surface area contributed by atoms with Crippen molar-refractivity contribution in [3.63, 3.8) is 0 Å². The van der Waals surface area contributed by atoms with E-state index in [0.29, 0.717) is 5.56 Å². The number of fused-ring (bicyclic) bond motifs is 3. The van der Waals surface area contributed by atoms with E-state index in [1.54, 1.807) is 0 Å². The third kappa shape index (κ3) is 3.61. The molecule has 0 atom stereocenters. The van der Waals surface area contributed by atoms with E-state index in [0.717, 1.165) is 41.0 Å². The van der Waals surface area contributed by atoms with Crippen LogP contribution in [0.2, 0.25) is 0 Å². The molecule has 0 aliphatic rings. The van der Waals surface area contributed by atoms with Crippen molar-refractivity contribution in [3.8, 4) is 6.07 Å². The number of benzene rings is 1. The second-order valence-corrected chi connectivity index (χ2v) is 6.65. The van der Waals surface area contributed by atoms with Crippen LogP contribution >= 0.6 is 0 Å². The Kier molecular flexibility index (Phi) is 5.55. The van der Waals surface area contributed by atoms with E-state index in [-0.39, 0.29) is 0 Å². The van der Waals surface area contributed by atoms with Crippen molar-refractivity contribution in [2.24, 2.45) is 0 Å². The summed E-state index contributed by atoms with van der Waals surface area (Å²) < 4.78 is 2.08. The van der Waals surface area contributed by atoms with Crippen molar-refractivity contribution in [1.29, 1.82) is 5.26 Å². The third-order valence-corrected chi connectivity index (χ3v) is 4.72. The van der Waals surface area contributed by atoms with Crippen LogP contribution in [0.5, 0.6) is 0 Å². The number of anilines is 1. The molecule has 4 nitrogen and oxygen atoms in total. The van der Waals surface area contributed by atoms with Crippen molar-refractivity contribution >= 4 is 22.5 Å². The molecule has 2 heterocycles. The largest absolute Gasteiger partial charge is 0.371 e. The number of hydrogen-bond acceptors (Lipinski definition) is 3. The number of hydrogen-bond donors (Lipinski definition) is 1. The monoisotopic (exact) mass is 334 g/mol. The van der Waals surface area contributed by atoms with E-state index in [1.807, 2.05) is 25.1 Å². The molecule has 0 bridgehead atoms. The van der Waals surface area contributed by atoms with Gasteiger partial charge in [-0.05, 0) is 37.1 Å². The Morgan fingerprint density at radius 2 is 1.88 bits per heavy atom. The maximum Gasteiger partial charge on any atom is 0.157 e. The first-order valence-electron chi connectivity index (χ1n) is 9.31. The molecule has 0 spiro atoms. The van der Waals surface area contributed by atoms with Crippen LogP contribution in [0.1, 0.15) is 56.6 Å². The molecule has 3 aromatic rings. The predicted octanol–water partition coefficient (Wildman–Crippen LogP) is 5.44. The normalized spacial score (nSPS) is 11.1. The molecule has 0 saturated heterocycles. The Hall–Kier alpha value is -2.54. The Morgan fingerprint density at radius 3 is 2.68 bits per heavy atom. The van der Waals surface area contributed by atoms with E-state index in [1.165, 1.54) is 32.1 Å². The van der Waals surface area contributed by atoms with Crippen molar-refractivity contribution in [1.82, 2.24) is 9.38 Å². The van der Waals surface area contributed by atoms with Crippen LogP contribution in [0.3, 0.4) is 0 Å². The van der Waals surface area contributed by atoms with Crippen molar-refractivity contribution in [2.75, 3.05) is 11.9 Å². The Balaban J connectivity index is 1.84. The van der Waals surface area contributed by atoms with E-state index in [4.69, 9.17) is 0 Å². The number of aryl methyl sites for hydroxylation is 1. The molecule has 0 saturated carbocycles. The number of aromatic nitrogens is 2. The lowest BCUT2D eigenvalue weighted by Gasteiger charge is -2.12. The lowest BCUT2D eigenvalue weighted by molar-refractivity contribution is 0.616. The van der Waals surface area contributed by atoms with E-state index < -0.39 is 0 Å². The fourth-order valence-electron chi connectivity index (χ4n) is 3.35. The first-order valence-corrected chi connectivity index (χ1v) is 9.31. The molecule has 0 aliphatic carbocycles. The van der Waals surface area contributed by atoms with Crippen molar-refractivity contribution in [2.45, 2.75) is 52.4 Å².